The summed E-state index contributed by atoms with van der Waals surface area (Å²) in [6.07, 6.45) is 1.56. The molecule has 0 atom stereocenters. The van der Waals surface area contributed by atoms with Crippen LogP contribution in [0.5, 0.6) is 5.75 Å². The van der Waals surface area contributed by atoms with E-state index in [1.54, 1.807) is 7.11 Å². The van der Waals surface area contributed by atoms with E-state index >= 15 is 0 Å². The van der Waals surface area contributed by atoms with Crippen molar-refractivity contribution in [1.29, 1.82) is 0 Å². The molecule has 0 amide bonds. The average molecular weight is 235 g/mol. The molecule has 4 heteroatoms. The first-order valence-corrected chi connectivity index (χ1v) is 5.66. The molecule has 1 aliphatic carbocycles. The number of carboxylic acids is 1. The molecule has 0 radical (unpaired) electrons. The maximum absolute atomic E-state index is 11.1. The first kappa shape index (κ1) is 11.8. The fourth-order valence-electron chi connectivity index (χ4n) is 1.97. The summed E-state index contributed by atoms with van der Waals surface area (Å²) in [5, 5.41) is 9.14. The molecule has 0 aliphatic heterocycles. The van der Waals surface area contributed by atoms with Gasteiger partial charge in [-0.05, 0) is 37.1 Å². The van der Waals surface area contributed by atoms with Crippen molar-refractivity contribution in [3.63, 3.8) is 0 Å². The van der Waals surface area contributed by atoms with Gasteiger partial charge in [-0.25, -0.2) is 0 Å². The first-order valence-electron chi connectivity index (χ1n) is 5.66. The number of hydrogen-bond donors (Lipinski definition) is 1. The molecule has 0 spiro atoms. The molecule has 92 valence electrons. The second kappa shape index (κ2) is 4.28. The summed E-state index contributed by atoms with van der Waals surface area (Å²) in [6.45, 7) is 0.564. The minimum absolute atomic E-state index is 0.519. The van der Waals surface area contributed by atoms with Crippen molar-refractivity contribution in [2.75, 3.05) is 25.6 Å². The molecular weight excluding hydrogens is 218 g/mol. The standard InChI is InChI=1S/C13H17NO3/c1-14(9-13(7-8-13)12(15)16)10-3-5-11(17-2)6-4-10/h3-6H,7-9H2,1-2H3,(H,15,16). The quantitative estimate of drug-likeness (QED) is 0.848. The van der Waals surface area contributed by atoms with Crippen molar-refractivity contribution in [3.05, 3.63) is 24.3 Å². The molecule has 0 bridgehead atoms. The first-order chi connectivity index (χ1) is 8.07. The largest absolute Gasteiger partial charge is 0.497 e. The third-order valence-electron chi connectivity index (χ3n) is 3.36. The number of ether oxygens (including phenoxy) is 1. The molecule has 0 unspecified atom stereocenters. The fraction of sp³-hybridized carbons (Fsp3) is 0.462. The highest BCUT2D eigenvalue weighted by atomic mass is 16.5. The number of nitrogens with zero attached hydrogens (tertiary/aromatic N) is 1. The van der Waals surface area contributed by atoms with Gasteiger partial charge in [-0.2, -0.15) is 0 Å². The number of rotatable bonds is 5. The minimum Gasteiger partial charge on any atom is -0.497 e. The lowest BCUT2D eigenvalue weighted by Crippen LogP contribution is -2.31. The molecule has 4 nitrogen and oxygen atoms in total. The van der Waals surface area contributed by atoms with E-state index in [0.717, 1.165) is 24.3 Å². The van der Waals surface area contributed by atoms with Gasteiger partial charge in [0.2, 0.25) is 0 Å². The minimum atomic E-state index is -0.683. The van der Waals surface area contributed by atoms with E-state index in [1.165, 1.54) is 0 Å². The Bertz CT molecular complexity index is 409. The number of anilines is 1. The number of carboxylic acid groups (broad SMARTS) is 1. The molecule has 17 heavy (non-hydrogen) atoms. The Labute approximate surface area is 101 Å². The van der Waals surface area contributed by atoms with Crippen molar-refractivity contribution in [2.45, 2.75) is 12.8 Å². The van der Waals surface area contributed by atoms with Gasteiger partial charge in [-0.15, -0.1) is 0 Å². The van der Waals surface area contributed by atoms with E-state index in [0.29, 0.717) is 6.54 Å². The topological polar surface area (TPSA) is 49.8 Å². The number of benzene rings is 1. The van der Waals surface area contributed by atoms with Crippen molar-refractivity contribution in [3.8, 4) is 5.75 Å². The molecule has 0 saturated heterocycles. The molecular formula is C13H17NO3. The van der Waals surface area contributed by atoms with Crippen molar-refractivity contribution < 1.29 is 14.6 Å². The third-order valence-corrected chi connectivity index (χ3v) is 3.36. The third kappa shape index (κ3) is 2.35. The maximum Gasteiger partial charge on any atom is 0.311 e. The van der Waals surface area contributed by atoms with Crippen LogP contribution >= 0.6 is 0 Å². The normalized spacial score (nSPS) is 16.4. The van der Waals surface area contributed by atoms with Crippen LogP contribution in [0.25, 0.3) is 0 Å². The van der Waals surface area contributed by atoms with Gasteiger partial charge < -0.3 is 14.7 Å². The Hall–Kier alpha value is -1.71. The van der Waals surface area contributed by atoms with E-state index in [-0.39, 0.29) is 0 Å². The van der Waals surface area contributed by atoms with Gasteiger partial charge in [-0.1, -0.05) is 0 Å². The Morgan fingerprint density at radius 1 is 1.41 bits per heavy atom. The van der Waals surface area contributed by atoms with E-state index < -0.39 is 11.4 Å². The van der Waals surface area contributed by atoms with Gasteiger partial charge in [0.25, 0.3) is 0 Å². The van der Waals surface area contributed by atoms with E-state index in [4.69, 9.17) is 9.84 Å². The van der Waals surface area contributed by atoms with Crippen LogP contribution in [0.1, 0.15) is 12.8 Å². The van der Waals surface area contributed by atoms with Crippen LogP contribution in [-0.2, 0) is 4.79 Å². The van der Waals surface area contributed by atoms with Crippen LogP contribution in [0.15, 0.2) is 24.3 Å². The summed E-state index contributed by atoms with van der Waals surface area (Å²) in [4.78, 5) is 13.1. The molecule has 1 fully saturated rings. The lowest BCUT2D eigenvalue weighted by atomic mass is 10.1. The smallest absolute Gasteiger partial charge is 0.311 e. The monoisotopic (exact) mass is 235 g/mol. The number of hydrogen-bond acceptors (Lipinski definition) is 3. The van der Waals surface area contributed by atoms with Crippen LogP contribution in [-0.4, -0.2) is 31.8 Å². The van der Waals surface area contributed by atoms with Crippen LogP contribution in [0, 0.1) is 5.41 Å². The van der Waals surface area contributed by atoms with Crippen molar-refractivity contribution in [2.24, 2.45) is 5.41 Å². The number of carbonyl (C=O) groups is 1. The number of aliphatic carboxylic acids is 1. The van der Waals surface area contributed by atoms with Crippen molar-refractivity contribution >= 4 is 11.7 Å². The van der Waals surface area contributed by atoms with Crippen LogP contribution in [0.3, 0.4) is 0 Å². The lowest BCUT2D eigenvalue weighted by molar-refractivity contribution is -0.142. The van der Waals surface area contributed by atoms with Crippen LogP contribution in [0.2, 0.25) is 0 Å². The summed E-state index contributed by atoms with van der Waals surface area (Å²) in [5.41, 5.74) is 0.493. The molecule has 1 aromatic rings. The average Bonchev–Trinajstić information content (AvgIpc) is 3.10. The zero-order valence-corrected chi connectivity index (χ0v) is 10.1. The molecule has 2 rings (SSSR count). The highest BCUT2D eigenvalue weighted by Gasteiger charge is 2.50. The maximum atomic E-state index is 11.1. The summed E-state index contributed by atoms with van der Waals surface area (Å²) >= 11 is 0. The zero-order chi connectivity index (χ0) is 12.5. The Kier molecular flexibility index (Phi) is 2.96. The van der Waals surface area contributed by atoms with Gasteiger partial charge in [0.05, 0.1) is 12.5 Å². The summed E-state index contributed by atoms with van der Waals surface area (Å²) in [6, 6.07) is 7.64. The summed E-state index contributed by atoms with van der Waals surface area (Å²) in [5.74, 6) is 0.124. The van der Waals surface area contributed by atoms with Crippen molar-refractivity contribution in [1.82, 2.24) is 0 Å². The Morgan fingerprint density at radius 3 is 2.41 bits per heavy atom. The lowest BCUT2D eigenvalue weighted by Gasteiger charge is -2.23. The Balaban J connectivity index is 2.04. The summed E-state index contributed by atoms with van der Waals surface area (Å²) < 4.78 is 5.09. The molecule has 1 saturated carbocycles. The zero-order valence-electron chi connectivity index (χ0n) is 10.1. The highest BCUT2D eigenvalue weighted by Crippen LogP contribution is 2.46. The van der Waals surface area contributed by atoms with E-state index in [1.807, 2.05) is 36.2 Å². The molecule has 0 heterocycles. The van der Waals surface area contributed by atoms with Gasteiger partial charge in [0.1, 0.15) is 5.75 Å². The van der Waals surface area contributed by atoms with E-state index in [9.17, 15) is 4.79 Å². The molecule has 1 aliphatic rings. The summed E-state index contributed by atoms with van der Waals surface area (Å²) in [7, 11) is 3.55. The van der Waals surface area contributed by atoms with E-state index in [2.05, 4.69) is 0 Å². The van der Waals surface area contributed by atoms with Crippen LogP contribution in [0.4, 0.5) is 5.69 Å². The second-order valence-corrected chi connectivity index (χ2v) is 4.64. The van der Waals surface area contributed by atoms with Gasteiger partial charge in [-0.3, -0.25) is 4.79 Å². The molecule has 1 aromatic carbocycles. The predicted molar refractivity (Wildman–Crippen MR) is 65.6 cm³/mol. The molecule has 0 aromatic heterocycles. The van der Waals surface area contributed by atoms with Crippen LogP contribution < -0.4 is 9.64 Å². The fourth-order valence-corrected chi connectivity index (χ4v) is 1.97. The highest BCUT2D eigenvalue weighted by molar-refractivity contribution is 5.78. The predicted octanol–water partition coefficient (Wildman–Crippen LogP) is 2.00. The molecule has 1 N–H and O–H groups in total. The Morgan fingerprint density at radius 2 is 2.00 bits per heavy atom. The SMILES string of the molecule is COc1ccc(N(C)CC2(C(=O)O)CC2)cc1. The van der Waals surface area contributed by atoms with Gasteiger partial charge in [0, 0.05) is 19.3 Å². The van der Waals surface area contributed by atoms with Gasteiger partial charge in [0.15, 0.2) is 0 Å². The number of methoxy groups -OCH3 is 1. The van der Waals surface area contributed by atoms with Gasteiger partial charge >= 0.3 is 5.97 Å². The second-order valence-electron chi connectivity index (χ2n) is 4.64.